The van der Waals surface area contributed by atoms with E-state index in [1.54, 1.807) is 61.1 Å². The van der Waals surface area contributed by atoms with Gasteiger partial charge in [-0.1, -0.05) is 6.07 Å². The highest BCUT2D eigenvalue weighted by Gasteiger charge is 2.34. The number of ether oxygens (including phenoxy) is 2. The van der Waals surface area contributed by atoms with Gasteiger partial charge in [-0.25, -0.2) is 0 Å². The Hall–Kier alpha value is -3.30. The number of carbonyl (C=O) groups is 1. The first-order valence-corrected chi connectivity index (χ1v) is 11.0. The van der Waals surface area contributed by atoms with Crippen LogP contribution in [0.1, 0.15) is 16.2 Å². The average molecular weight is 454 g/mol. The minimum atomic E-state index is -0.130. The zero-order valence-corrected chi connectivity index (χ0v) is 18.5. The molecule has 9 heteroatoms. The molecule has 31 heavy (non-hydrogen) atoms. The van der Waals surface area contributed by atoms with Crippen LogP contribution in [0.2, 0.25) is 0 Å². The Morgan fingerprint density at radius 1 is 1.13 bits per heavy atom. The third kappa shape index (κ3) is 4.89. The van der Waals surface area contributed by atoms with Gasteiger partial charge in [0.05, 0.1) is 38.1 Å². The summed E-state index contributed by atoms with van der Waals surface area (Å²) in [5.74, 6) is 1.78. The van der Waals surface area contributed by atoms with Crippen molar-refractivity contribution in [1.82, 2.24) is 4.90 Å². The molecule has 1 fully saturated rings. The summed E-state index contributed by atoms with van der Waals surface area (Å²) in [5, 5.41) is 11.0. The molecule has 158 valence electrons. The number of methoxy groups -OCH3 is 2. The van der Waals surface area contributed by atoms with E-state index in [1.165, 1.54) is 11.8 Å². The monoisotopic (exact) mass is 453 g/mol. The molecule has 7 nitrogen and oxygen atoms in total. The first kappa shape index (κ1) is 21.0. The lowest BCUT2D eigenvalue weighted by Crippen LogP contribution is -2.28. The summed E-state index contributed by atoms with van der Waals surface area (Å²) in [6, 6.07) is 13.0. The number of amides is 1. The van der Waals surface area contributed by atoms with Crippen molar-refractivity contribution in [2.75, 3.05) is 14.2 Å². The van der Waals surface area contributed by atoms with Crippen molar-refractivity contribution in [3.63, 3.8) is 0 Å². The molecule has 4 rings (SSSR count). The SMILES string of the molecule is COc1ccc(/C=N\N=C2\S/C(=C\c3cccs3)C(=O)N2Cc2ccco2)cc1OC. The quantitative estimate of drug-likeness (QED) is 0.290. The largest absolute Gasteiger partial charge is 0.493 e. The van der Waals surface area contributed by atoms with Crippen molar-refractivity contribution >= 4 is 46.5 Å². The van der Waals surface area contributed by atoms with E-state index < -0.39 is 0 Å². The van der Waals surface area contributed by atoms with E-state index in [0.29, 0.717) is 27.3 Å². The molecule has 1 saturated heterocycles. The third-order valence-electron chi connectivity index (χ3n) is 4.36. The van der Waals surface area contributed by atoms with Gasteiger partial charge in [-0.2, -0.15) is 5.10 Å². The zero-order chi connectivity index (χ0) is 21.6. The predicted octanol–water partition coefficient (Wildman–Crippen LogP) is 4.86. The topological polar surface area (TPSA) is 76.6 Å². The van der Waals surface area contributed by atoms with E-state index in [1.807, 2.05) is 35.7 Å². The maximum Gasteiger partial charge on any atom is 0.267 e. The number of furan rings is 1. The Balaban J connectivity index is 1.59. The number of thioether (sulfide) groups is 1. The van der Waals surface area contributed by atoms with Crippen LogP contribution >= 0.6 is 23.1 Å². The predicted molar refractivity (Wildman–Crippen MR) is 124 cm³/mol. The van der Waals surface area contributed by atoms with E-state index in [2.05, 4.69) is 10.2 Å². The summed E-state index contributed by atoms with van der Waals surface area (Å²) in [7, 11) is 3.16. The molecule has 1 amide bonds. The highest BCUT2D eigenvalue weighted by molar-refractivity contribution is 8.18. The minimum Gasteiger partial charge on any atom is -0.493 e. The van der Waals surface area contributed by atoms with Crippen molar-refractivity contribution in [3.05, 3.63) is 75.2 Å². The first-order chi connectivity index (χ1) is 15.2. The second kappa shape index (κ2) is 9.67. The molecule has 3 aromatic rings. The third-order valence-corrected chi connectivity index (χ3v) is 6.17. The van der Waals surface area contributed by atoms with Crippen molar-refractivity contribution in [1.29, 1.82) is 0 Å². The lowest BCUT2D eigenvalue weighted by Gasteiger charge is -2.12. The number of amidine groups is 1. The van der Waals surface area contributed by atoms with Crippen LogP contribution in [-0.4, -0.2) is 36.4 Å². The molecule has 0 radical (unpaired) electrons. The van der Waals surface area contributed by atoms with E-state index >= 15 is 0 Å². The molecule has 0 bridgehead atoms. The van der Waals surface area contributed by atoms with Gasteiger partial charge in [0.25, 0.3) is 5.91 Å². The van der Waals surface area contributed by atoms with Crippen LogP contribution in [0.15, 0.2) is 73.6 Å². The summed E-state index contributed by atoms with van der Waals surface area (Å²) in [6.07, 6.45) is 5.05. The molecule has 1 aromatic carbocycles. The molecule has 0 atom stereocenters. The smallest absolute Gasteiger partial charge is 0.267 e. The number of thiophene rings is 1. The molecular weight excluding hydrogens is 434 g/mol. The van der Waals surface area contributed by atoms with Gasteiger partial charge >= 0.3 is 0 Å². The summed E-state index contributed by atoms with van der Waals surface area (Å²) in [4.78, 5) is 16.2. The molecule has 0 aliphatic carbocycles. The van der Waals surface area contributed by atoms with Gasteiger partial charge in [-0.3, -0.25) is 9.69 Å². The maximum atomic E-state index is 13.0. The fourth-order valence-electron chi connectivity index (χ4n) is 2.86. The maximum absolute atomic E-state index is 13.0. The van der Waals surface area contributed by atoms with Crippen LogP contribution in [0.4, 0.5) is 0 Å². The Morgan fingerprint density at radius 2 is 2.00 bits per heavy atom. The number of benzene rings is 1. The number of rotatable bonds is 7. The van der Waals surface area contributed by atoms with Gasteiger partial charge in [-0.15, -0.1) is 16.4 Å². The second-order valence-corrected chi connectivity index (χ2v) is 8.33. The Kier molecular flexibility index (Phi) is 6.54. The van der Waals surface area contributed by atoms with Crippen molar-refractivity contribution < 1.29 is 18.7 Å². The normalized spacial score (nSPS) is 16.7. The number of hydrogen-bond donors (Lipinski definition) is 0. The summed E-state index contributed by atoms with van der Waals surface area (Å²) >= 11 is 2.86. The number of carbonyl (C=O) groups excluding carboxylic acids is 1. The van der Waals surface area contributed by atoms with Gasteiger partial charge in [0.2, 0.25) is 0 Å². The summed E-state index contributed by atoms with van der Waals surface area (Å²) in [6.45, 7) is 0.283. The lowest BCUT2D eigenvalue weighted by atomic mass is 10.2. The fourth-order valence-corrected chi connectivity index (χ4v) is 4.52. The van der Waals surface area contributed by atoms with Crippen LogP contribution < -0.4 is 9.47 Å². The molecule has 1 aliphatic heterocycles. The van der Waals surface area contributed by atoms with E-state index in [-0.39, 0.29) is 12.5 Å². The first-order valence-electron chi connectivity index (χ1n) is 9.28. The van der Waals surface area contributed by atoms with E-state index in [9.17, 15) is 4.79 Å². The molecular formula is C22H19N3O4S2. The summed E-state index contributed by atoms with van der Waals surface area (Å²) in [5.41, 5.74) is 0.795. The van der Waals surface area contributed by atoms with Crippen molar-refractivity contribution in [2.24, 2.45) is 10.2 Å². The van der Waals surface area contributed by atoms with Crippen molar-refractivity contribution in [2.45, 2.75) is 6.54 Å². The minimum absolute atomic E-state index is 0.130. The van der Waals surface area contributed by atoms with Crippen molar-refractivity contribution in [3.8, 4) is 11.5 Å². The van der Waals surface area contributed by atoms with Gasteiger partial charge in [0.15, 0.2) is 16.7 Å². The lowest BCUT2D eigenvalue weighted by molar-refractivity contribution is -0.122. The average Bonchev–Trinajstić information content (AvgIpc) is 3.54. The van der Waals surface area contributed by atoms with E-state index in [0.717, 1.165) is 10.4 Å². The van der Waals surface area contributed by atoms with Gasteiger partial charge in [-0.05, 0) is 65.2 Å². The Morgan fingerprint density at radius 3 is 2.71 bits per heavy atom. The highest BCUT2D eigenvalue weighted by Crippen LogP contribution is 2.34. The Bertz CT molecular complexity index is 1140. The van der Waals surface area contributed by atoms with Crippen LogP contribution in [0.5, 0.6) is 11.5 Å². The van der Waals surface area contributed by atoms with Crippen LogP contribution in [0.3, 0.4) is 0 Å². The van der Waals surface area contributed by atoms with E-state index in [4.69, 9.17) is 13.9 Å². The molecule has 0 unspecified atom stereocenters. The van der Waals surface area contributed by atoms with Gasteiger partial charge < -0.3 is 13.9 Å². The standard InChI is InChI=1S/C22H19N3O4S2/c1-27-18-8-7-15(11-19(18)28-2)13-23-24-22-25(14-16-5-3-9-29-16)21(26)20(31-22)12-17-6-4-10-30-17/h3-13H,14H2,1-2H3/b20-12-,23-13-,24-22+. The van der Waals surface area contributed by atoms with Gasteiger partial charge in [0, 0.05) is 4.88 Å². The Labute approximate surface area is 187 Å². The van der Waals surface area contributed by atoms with Crippen LogP contribution in [0.25, 0.3) is 6.08 Å². The zero-order valence-electron chi connectivity index (χ0n) is 16.8. The second-order valence-electron chi connectivity index (χ2n) is 6.34. The number of hydrogen-bond acceptors (Lipinski definition) is 8. The highest BCUT2D eigenvalue weighted by atomic mass is 32.2. The molecule has 0 spiro atoms. The summed E-state index contributed by atoms with van der Waals surface area (Å²) < 4.78 is 16.0. The molecule has 2 aromatic heterocycles. The fraction of sp³-hybridized carbons (Fsp3) is 0.136. The van der Waals surface area contributed by atoms with Crippen LogP contribution in [-0.2, 0) is 11.3 Å². The molecule has 3 heterocycles. The molecule has 0 saturated carbocycles. The number of nitrogens with zero attached hydrogens (tertiary/aromatic N) is 3. The van der Waals surface area contributed by atoms with Crippen LogP contribution in [0, 0.1) is 0 Å². The molecule has 1 aliphatic rings. The van der Waals surface area contributed by atoms with Gasteiger partial charge in [0.1, 0.15) is 5.76 Å². The molecule has 0 N–H and O–H groups in total.